The Morgan fingerprint density at radius 3 is 2.71 bits per heavy atom. The minimum atomic E-state index is -3.94. The molecule has 0 spiro atoms. The number of nitrogens with two attached hydrogens (primary N) is 1. The van der Waals surface area contributed by atoms with Crippen molar-refractivity contribution in [3.05, 3.63) is 28.3 Å². The quantitative estimate of drug-likeness (QED) is 0.489. The van der Waals surface area contributed by atoms with Gasteiger partial charge in [-0.1, -0.05) is 19.4 Å². The Hall–Kier alpha value is -1.67. The predicted octanol–water partition coefficient (Wildman–Crippen LogP) is 1.89. The standard InChI is InChI=1S/C13H19N3O4S/c1-9-5-6-10(7-9)8-15-21(19,20)12-4-2-3-11(14)13(12)16(17)18/h2-4,9-10,15H,5-8,14H2,1H3. The lowest BCUT2D eigenvalue weighted by Gasteiger charge is -2.12. The van der Waals surface area contributed by atoms with Gasteiger partial charge in [-0.15, -0.1) is 0 Å². The van der Waals surface area contributed by atoms with Crippen LogP contribution in [0.5, 0.6) is 0 Å². The predicted molar refractivity (Wildman–Crippen MR) is 79.2 cm³/mol. The molecule has 1 aliphatic rings. The van der Waals surface area contributed by atoms with E-state index in [0.717, 1.165) is 19.3 Å². The Labute approximate surface area is 123 Å². The maximum atomic E-state index is 12.3. The largest absolute Gasteiger partial charge is 0.393 e. The molecule has 2 unspecified atom stereocenters. The van der Waals surface area contributed by atoms with Gasteiger partial charge in [0.1, 0.15) is 5.69 Å². The van der Waals surface area contributed by atoms with E-state index in [1.165, 1.54) is 18.2 Å². The van der Waals surface area contributed by atoms with Gasteiger partial charge in [0.25, 0.3) is 0 Å². The number of nitrogen functional groups attached to an aromatic ring is 1. The second kappa shape index (κ2) is 5.98. The first-order valence-electron chi connectivity index (χ1n) is 6.84. The molecule has 2 rings (SSSR count). The normalized spacial score (nSPS) is 22.3. The number of anilines is 1. The first-order valence-corrected chi connectivity index (χ1v) is 8.32. The lowest BCUT2D eigenvalue weighted by atomic mass is 10.1. The summed E-state index contributed by atoms with van der Waals surface area (Å²) in [5.41, 5.74) is 4.80. The molecule has 0 bridgehead atoms. The van der Waals surface area contributed by atoms with Gasteiger partial charge in [-0.25, -0.2) is 13.1 Å². The van der Waals surface area contributed by atoms with E-state index < -0.39 is 20.6 Å². The van der Waals surface area contributed by atoms with Gasteiger partial charge in [0.2, 0.25) is 10.0 Å². The van der Waals surface area contributed by atoms with Crippen molar-refractivity contribution in [2.24, 2.45) is 11.8 Å². The van der Waals surface area contributed by atoms with Crippen LogP contribution < -0.4 is 10.5 Å². The summed E-state index contributed by atoms with van der Waals surface area (Å²) in [4.78, 5) is 9.89. The van der Waals surface area contributed by atoms with Crippen LogP contribution in [0.2, 0.25) is 0 Å². The smallest absolute Gasteiger partial charge is 0.312 e. The summed E-state index contributed by atoms with van der Waals surface area (Å²) in [7, 11) is -3.94. The highest BCUT2D eigenvalue weighted by Crippen LogP contribution is 2.32. The van der Waals surface area contributed by atoms with Crippen LogP contribution in [0.4, 0.5) is 11.4 Å². The zero-order valence-electron chi connectivity index (χ0n) is 11.8. The van der Waals surface area contributed by atoms with Crippen molar-refractivity contribution in [2.75, 3.05) is 12.3 Å². The van der Waals surface area contributed by atoms with Gasteiger partial charge in [0, 0.05) is 6.54 Å². The van der Waals surface area contributed by atoms with E-state index >= 15 is 0 Å². The average Bonchev–Trinajstić information content (AvgIpc) is 2.82. The SMILES string of the molecule is CC1CCC(CNS(=O)(=O)c2cccc(N)c2[N+](=O)[O-])C1. The Morgan fingerprint density at radius 1 is 1.43 bits per heavy atom. The third-order valence-corrected chi connectivity index (χ3v) is 5.32. The van der Waals surface area contributed by atoms with Crippen LogP contribution in [-0.2, 0) is 10.0 Å². The van der Waals surface area contributed by atoms with Crippen molar-refractivity contribution in [1.82, 2.24) is 4.72 Å². The van der Waals surface area contributed by atoms with Gasteiger partial charge in [0.05, 0.1) is 4.92 Å². The van der Waals surface area contributed by atoms with Crippen molar-refractivity contribution in [2.45, 2.75) is 31.1 Å². The van der Waals surface area contributed by atoms with Crippen LogP contribution in [-0.4, -0.2) is 19.9 Å². The van der Waals surface area contributed by atoms with Crippen LogP contribution in [0, 0.1) is 22.0 Å². The molecule has 1 aliphatic carbocycles. The van der Waals surface area contributed by atoms with Gasteiger partial charge < -0.3 is 5.73 Å². The van der Waals surface area contributed by atoms with Crippen LogP contribution in [0.3, 0.4) is 0 Å². The molecule has 2 atom stereocenters. The first-order chi connectivity index (χ1) is 9.81. The molecule has 0 saturated heterocycles. The summed E-state index contributed by atoms with van der Waals surface area (Å²) in [5.74, 6) is 0.885. The van der Waals surface area contributed by atoms with Crippen LogP contribution in [0.25, 0.3) is 0 Å². The maximum absolute atomic E-state index is 12.3. The summed E-state index contributed by atoms with van der Waals surface area (Å²) >= 11 is 0. The Bertz CT molecular complexity index is 645. The van der Waals surface area contributed by atoms with Gasteiger partial charge in [-0.2, -0.15) is 0 Å². The minimum absolute atomic E-state index is 0.155. The molecule has 0 radical (unpaired) electrons. The number of nitro groups is 1. The van der Waals surface area contributed by atoms with Crippen molar-refractivity contribution < 1.29 is 13.3 Å². The van der Waals surface area contributed by atoms with E-state index in [2.05, 4.69) is 11.6 Å². The first kappa shape index (κ1) is 15.7. The number of para-hydroxylation sites is 1. The van der Waals surface area contributed by atoms with Gasteiger partial charge in [0.15, 0.2) is 4.90 Å². The zero-order valence-corrected chi connectivity index (χ0v) is 12.6. The van der Waals surface area contributed by atoms with E-state index in [4.69, 9.17) is 5.73 Å². The molecule has 3 N–H and O–H groups in total. The van der Waals surface area contributed by atoms with E-state index in [0.29, 0.717) is 12.5 Å². The number of nitrogens with zero attached hydrogens (tertiary/aromatic N) is 1. The second-order valence-corrected chi connectivity index (χ2v) is 7.32. The molecular weight excluding hydrogens is 294 g/mol. The molecule has 1 aromatic rings. The highest BCUT2D eigenvalue weighted by molar-refractivity contribution is 7.89. The molecule has 21 heavy (non-hydrogen) atoms. The lowest BCUT2D eigenvalue weighted by Crippen LogP contribution is -2.29. The fourth-order valence-corrected chi connectivity index (χ4v) is 4.08. The number of nitrogens with one attached hydrogen (secondary N) is 1. The number of hydrogen-bond acceptors (Lipinski definition) is 5. The number of sulfonamides is 1. The maximum Gasteiger partial charge on any atom is 0.312 e. The van der Waals surface area contributed by atoms with Gasteiger partial charge >= 0.3 is 5.69 Å². The molecular formula is C13H19N3O4S. The highest BCUT2D eigenvalue weighted by Gasteiger charge is 2.29. The van der Waals surface area contributed by atoms with E-state index in [9.17, 15) is 18.5 Å². The molecule has 8 heteroatoms. The molecule has 7 nitrogen and oxygen atoms in total. The topological polar surface area (TPSA) is 115 Å². The molecule has 0 amide bonds. The summed E-state index contributed by atoms with van der Waals surface area (Å²) in [6.07, 6.45) is 3.04. The zero-order chi connectivity index (χ0) is 15.6. The molecule has 0 aromatic heterocycles. The fraction of sp³-hybridized carbons (Fsp3) is 0.538. The minimum Gasteiger partial charge on any atom is -0.393 e. The Balaban J connectivity index is 2.20. The van der Waals surface area contributed by atoms with E-state index in [-0.39, 0.29) is 16.5 Å². The number of benzene rings is 1. The number of hydrogen-bond donors (Lipinski definition) is 2. The molecule has 116 valence electrons. The van der Waals surface area contributed by atoms with Crippen molar-refractivity contribution in [3.8, 4) is 0 Å². The monoisotopic (exact) mass is 313 g/mol. The van der Waals surface area contributed by atoms with Gasteiger partial charge in [-0.3, -0.25) is 10.1 Å². The summed E-state index contributed by atoms with van der Waals surface area (Å²) < 4.78 is 27.0. The highest BCUT2D eigenvalue weighted by atomic mass is 32.2. The third-order valence-electron chi connectivity index (χ3n) is 3.87. The number of nitro benzene ring substituents is 1. The second-order valence-electron chi connectivity index (χ2n) is 5.59. The van der Waals surface area contributed by atoms with Crippen LogP contribution >= 0.6 is 0 Å². The molecule has 1 aromatic carbocycles. The van der Waals surface area contributed by atoms with E-state index in [1.54, 1.807) is 0 Å². The van der Waals surface area contributed by atoms with Gasteiger partial charge in [-0.05, 0) is 36.8 Å². The molecule has 1 saturated carbocycles. The average molecular weight is 313 g/mol. The van der Waals surface area contributed by atoms with Crippen molar-refractivity contribution in [1.29, 1.82) is 0 Å². The van der Waals surface area contributed by atoms with Crippen LogP contribution in [0.15, 0.2) is 23.1 Å². The van der Waals surface area contributed by atoms with Crippen molar-refractivity contribution >= 4 is 21.4 Å². The Morgan fingerprint density at radius 2 is 2.14 bits per heavy atom. The Kier molecular flexibility index (Phi) is 4.48. The molecule has 1 fully saturated rings. The van der Waals surface area contributed by atoms with Crippen molar-refractivity contribution in [3.63, 3.8) is 0 Å². The number of rotatable bonds is 5. The third kappa shape index (κ3) is 3.51. The van der Waals surface area contributed by atoms with Crippen LogP contribution in [0.1, 0.15) is 26.2 Å². The summed E-state index contributed by atoms with van der Waals surface area (Å²) in [6, 6.07) is 3.92. The summed E-state index contributed by atoms with van der Waals surface area (Å²) in [5, 5.41) is 11.0. The summed E-state index contributed by atoms with van der Waals surface area (Å²) in [6.45, 7) is 2.44. The molecule has 0 aliphatic heterocycles. The fourth-order valence-electron chi connectivity index (χ4n) is 2.77. The lowest BCUT2D eigenvalue weighted by molar-refractivity contribution is -0.386. The van der Waals surface area contributed by atoms with E-state index in [1.807, 2.05) is 0 Å². The molecule has 0 heterocycles.